The highest BCUT2D eigenvalue weighted by Crippen LogP contribution is 2.36. The second-order valence-electron chi connectivity index (χ2n) is 5.13. The quantitative estimate of drug-likeness (QED) is 0.824. The molecular formula is C13H18N2O2S. The zero-order valence-corrected chi connectivity index (χ0v) is 11.2. The molecule has 1 spiro atoms. The van der Waals surface area contributed by atoms with Crippen molar-refractivity contribution in [3.05, 3.63) is 16.6 Å². The zero-order valence-electron chi connectivity index (χ0n) is 10.4. The Morgan fingerprint density at radius 1 is 1.44 bits per heavy atom. The minimum Gasteiger partial charge on any atom is -0.375 e. The van der Waals surface area contributed by atoms with E-state index in [-0.39, 0.29) is 11.5 Å². The molecule has 98 valence electrons. The van der Waals surface area contributed by atoms with Crippen molar-refractivity contribution in [2.24, 2.45) is 0 Å². The van der Waals surface area contributed by atoms with E-state index < -0.39 is 0 Å². The molecule has 1 aromatic rings. The molecule has 0 aromatic carbocycles. The van der Waals surface area contributed by atoms with E-state index in [1.165, 1.54) is 0 Å². The fourth-order valence-electron chi connectivity index (χ4n) is 2.89. The van der Waals surface area contributed by atoms with Crippen LogP contribution in [0, 0.1) is 0 Å². The molecule has 0 N–H and O–H groups in total. The van der Waals surface area contributed by atoms with Crippen molar-refractivity contribution in [2.75, 3.05) is 13.2 Å². The van der Waals surface area contributed by atoms with Crippen molar-refractivity contribution < 1.29 is 9.53 Å². The number of thiazole rings is 1. The van der Waals surface area contributed by atoms with Gasteiger partial charge >= 0.3 is 0 Å². The van der Waals surface area contributed by atoms with Crippen LogP contribution >= 0.6 is 11.3 Å². The Bertz CT molecular complexity index is 413. The number of amides is 1. The van der Waals surface area contributed by atoms with Crippen molar-refractivity contribution in [3.63, 3.8) is 0 Å². The Kier molecular flexibility index (Phi) is 3.35. The molecule has 2 fully saturated rings. The molecule has 5 heteroatoms. The summed E-state index contributed by atoms with van der Waals surface area (Å²) < 4.78 is 5.90. The highest BCUT2D eigenvalue weighted by atomic mass is 32.1. The lowest BCUT2D eigenvalue weighted by Gasteiger charge is -2.26. The fourth-order valence-corrected chi connectivity index (χ4v) is 3.52. The number of hydrogen-bond acceptors (Lipinski definition) is 4. The monoisotopic (exact) mass is 266 g/mol. The average molecular weight is 266 g/mol. The zero-order chi connectivity index (χ0) is 12.4. The van der Waals surface area contributed by atoms with E-state index in [9.17, 15) is 4.79 Å². The third kappa shape index (κ3) is 2.42. The predicted molar refractivity (Wildman–Crippen MR) is 69.3 cm³/mol. The number of likely N-dealkylation sites (tertiary alicyclic amines) is 1. The molecule has 1 amide bonds. The maximum Gasteiger partial charge on any atom is 0.223 e. The first-order valence-electron chi connectivity index (χ1n) is 6.58. The van der Waals surface area contributed by atoms with Crippen molar-refractivity contribution >= 4 is 17.2 Å². The summed E-state index contributed by atoms with van der Waals surface area (Å²) >= 11 is 1.61. The highest BCUT2D eigenvalue weighted by molar-refractivity contribution is 7.09. The normalized spacial score (nSPS) is 28.9. The van der Waals surface area contributed by atoms with E-state index in [1.807, 2.05) is 10.3 Å². The van der Waals surface area contributed by atoms with Gasteiger partial charge in [0.25, 0.3) is 0 Å². The Morgan fingerprint density at radius 3 is 3.11 bits per heavy atom. The van der Waals surface area contributed by atoms with E-state index in [1.54, 1.807) is 17.5 Å². The predicted octanol–water partition coefficient (Wildman–Crippen LogP) is 2.20. The summed E-state index contributed by atoms with van der Waals surface area (Å²) in [5.41, 5.74) is -0.00666. The Morgan fingerprint density at radius 2 is 2.39 bits per heavy atom. The number of aromatic nitrogens is 1. The Balaban J connectivity index is 1.67. The van der Waals surface area contributed by atoms with Gasteiger partial charge in [-0.1, -0.05) is 0 Å². The number of ether oxygens (including phenoxy) is 1. The van der Waals surface area contributed by atoms with Crippen molar-refractivity contribution in [1.29, 1.82) is 0 Å². The Labute approximate surface area is 111 Å². The molecule has 1 aromatic heterocycles. The topological polar surface area (TPSA) is 42.4 Å². The first kappa shape index (κ1) is 12.1. The van der Waals surface area contributed by atoms with E-state index in [2.05, 4.69) is 4.98 Å². The standard InChI is InChI=1S/C13H18N2O2S/c16-12-2-4-13(3-1-8-17-13)5-7-15(12)10-11-14-6-9-18-11/h6,9H,1-5,7-8,10H2. The van der Waals surface area contributed by atoms with Gasteiger partial charge in [0.2, 0.25) is 5.91 Å². The lowest BCUT2D eigenvalue weighted by atomic mass is 9.92. The van der Waals surface area contributed by atoms with Gasteiger partial charge in [0.05, 0.1) is 12.1 Å². The van der Waals surface area contributed by atoms with Crippen LogP contribution in [0.25, 0.3) is 0 Å². The largest absolute Gasteiger partial charge is 0.375 e. The molecule has 2 aliphatic rings. The van der Waals surface area contributed by atoms with Crippen LogP contribution in [-0.4, -0.2) is 34.5 Å². The molecule has 4 nitrogen and oxygen atoms in total. The van der Waals surface area contributed by atoms with Gasteiger partial charge in [-0.3, -0.25) is 4.79 Å². The average Bonchev–Trinajstić information content (AvgIpc) is 3.01. The minimum atomic E-state index is -0.00666. The molecule has 0 bridgehead atoms. The van der Waals surface area contributed by atoms with Crippen molar-refractivity contribution in [2.45, 2.75) is 44.2 Å². The SMILES string of the molecule is O=C1CCC2(CCCO2)CCN1Cc1nccs1. The fraction of sp³-hybridized carbons (Fsp3) is 0.692. The molecule has 0 aliphatic carbocycles. The van der Waals surface area contributed by atoms with E-state index >= 15 is 0 Å². The molecule has 0 radical (unpaired) electrons. The number of carbonyl (C=O) groups is 1. The van der Waals surface area contributed by atoms with Crippen LogP contribution < -0.4 is 0 Å². The molecule has 3 heterocycles. The van der Waals surface area contributed by atoms with Gasteiger partial charge in [-0.15, -0.1) is 11.3 Å². The van der Waals surface area contributed by atoms with Crippen molar-refractivity contribution in [3.8, 4) is 0 Å². The molecule has 1 atom stereocenters. The maximum absolute atomic E-state index is 12.1. The highest BCUT2D eigenvalue weighted by Gasteiger charge is 2.38. The van der Waals surface area contributed by atoms with Gasteiger partial charge in [-0.05, 0) is 25.7 Å². The van der Waals surface area contributed by atoms with Crippen LogP contribution in [0.1, 0.15) is 37.1 Å². The van der Waals surface area contributed by atoms with E-state index in [0.29, 0.717) is 13.0 Å². The molecule has 3 rings (SSSR count). The molecule has 1 unspecified atom stereocenters. The first-order chi connectivity index (χ1) is 8.77. The molecular weight excluding hydrogens is 248 g/mol. The minimum absolute atomic E-state index is 0.00666. The summed E-state index contributed by atoms with van der Waals surface area (Å²) in [6, 6.07) is 0. The second-order valence-corrected chi connectivity index (χ2v) is 6.11. The van der Waals surface area contributed by atoms with Gasteiger partial charge < -0.3 is 9.64 Å². The number of hydrogen-bond donors (Lipinski definition) is 0. The van der Waals surface area contributed by atoms with Crippen LogP contribution in [-0.2, 0) is 16.1 Å². The summed E-state index contributed by atoms with van der Waals surface area (Å²) in [7, 11) is 0. The van der Waals surface area contributed by atoms with Gasteiger partial charge in [-0.2, -0.15) is 0 Å². The Hall–Kier alpha value is -0.940. The summed E-state index contributed by atoms with van der Waals surface area (Å²) in [5.74, 6) is 0.248. The first-order valence-corrected chi connectivity index (χ1v) is 7.46. The maximum atomic E-state index is 12.1. The summed E-state index contributed by atoms with van der Waals surface area (Å²) in [6.45, 7) is 2.33. The van der Waals surface area contributed by atoms with Gasteiger partial charge in [-0.25, -0.2) is 4.98 Å². The summed E-state index contributed by atoms with van der Waals surface area (Å²) in [5, 5.41) is 2.98. The van der Waals surface area contributed by atoms with Crippen LogP contribution in [0.4, 0.5) is 0 Å². The van der Waals surface area contributed by atoms with E-state index in [4.69, 9.17) is 4.74 Å². The number of carbonyl (C=O) groups excluding carboxylic acids is 1. The smallest absolute Gasteiger partial charge is 0.223 e. The third-order valence-corrected chi connectivity index (χ3v) is 4.74. The van der Waals surface area contributed by atoms with Gasteiger partial charge in [0.15, 0.2) is 0 Å². The second kappa shape index (κ2) is 4.97. The lowest BCUT2D eigenvalue weighted by Crippen LogP contribution is -2.32. The lowest BCUT2D eigenvalue weighted by molar-refractivity contribution is -0.131. The van der Waals surface area contributed by atoms with Crippen LogP contribution in [0.5, 0.6) is 0 Å². The van der Waals surface area contributed by atoms with Crippen molar-refractivity contribution in [1.82, 2.24) is 9.88 Å². The van der Waals surface area contributed by atoms with Gasteiger partial charge in [0, 0.05) is 31.1 Å². The third-order valence-electron chi connectivity index (χ3n) is 3.98. The number of nitrogens with zero attached hydrogens (tertiary/aromatic N) is 2. The molecule has 0 saturated carbocycles. The summed E-state index contributed by atoms with van der Waals surface area (Å²) in [4.78, 5) is 18.3. The molecule has 2 aliphatic heterocycles. The summed E-state index contributed by atoms with van der Waals surface area (Å²) in [6.07, 6.45) is 6.53. The number of rotatable bonds is 2. The van der Waals surface area contributed by atoms with Crippen LogP contribution in [0.3, 0.4) is 0 Å². The van der Waals surface area contributed by atoms with Crippen LogP contribution in [0.2, 0.25) is 0 Å². The van der Waals surface area contributed by atoms with Crippen LogP contribution in [0.15, 0.2) is 11.6 Å². The molecule has 2 saturated heterocycles. The molecule has 18 heavy (non-hydrogen) atoms. The van der Waals surface area contributed by atoms with Gasteiger partial charge in [0.1, 0.15) is 5.01 Å². The van der Waals surface area contributed by atoms with E-state index in [0.717, 1.165) is 43.8 Å².